The molecule has 2 N–H and O–H groups in total. The molecule has 5 nitrogen and oxygen atoms in total. The van der Waals surface area contributed by atoms with Crippen LogP contribution in [0.4, 0.5) is 0 Å². The topological polar surface area (TPSA) is 66.9 Å². The minimum atomic E-state index is -0.234. The van der Waals surface area contributed by atoms with Crippen LogP contribution in [0.1, 0.15) is 16.1 Å². The van der Waals surface area contributed by atoms with Crippen LogP contribution >= 0.6 is 0 Å². The molecule has 0 aliphatic rings. The summed E-state index contributed by atoms with van der Waals surface area (Å²) in [5, 5.41) is 2.58. The molecule has 1 aromatic carbocycles. The van der Waals surface area contributed by atoms with Crippen LogP contribution in [0.5, 0.6) is 0 Å². The summed E-state index contributed by atoms with van der Waals surface area (Å²) in [6, 6.07) is 6.74. The number of terminal acetylenes is 1. The quantitative estimate of drug-likeness (QED) is 0.798. The van der Waals surface area contributed by atoms with Gasteiger partial charge < -0.3 is 10.3 Å². The average Bonchev–Trinajstić information content (AvgIpc) is 2.76. The van der Waals surface area contributed by atoms with Crippen LogP contribution in [0, 0.1) is 19.3 Å². The number of amides is 1. The highest BCUT2D eigenvalue weighted by Crippen LogP contribution is 2.09. The first-order valence-corrected chi connectivity index (χ1v) is 5.72. The van der Waals surface area contributed by atoms with Crippen LogP contribution in [0.2, 0.25) is 0 Å². The predicted molar refractivity (Wildman–Crippen MR) is 72.3 cm³/mol. The van der Waals surface area contributed by atoms with E-state index < -0.39 is 0 Å². The molecule has 0 aliphatic heterocycles. The maximum absolute atomic E-state index is 11.7. The summed E-state index contributed by atoms with van der Waals surface area (Å²) in [6.07, 6.45) is 6.71. The fourth-order valence-corrected chi connectivity index (χ4v) is 1.77. The first kappa shape index (κ1) is 12.7. The summed E-state index contributed by atoms with van der Waals surface area (Å²) in [7, 11) is 0. The number of hydrogen-bond acceptors (Lipinski definition) is 2. The standard InChI is InChI=1S/C14H13N3O2/c1-3-8-15-13(18)11-4-6-12(7-5-11)17-10(2)9-16-14(17)19/h1,4-7,9H,8H2,2H3,(H,15,18)(H,16,19). The summed E-state index contributed by atoms with van der Waals surface area (Å²) < 4.78 is 1.53. The first-order chi connectivity index (χ1) is 9.13. The van der Waals surface area contributed by atoms with Crippen LogP contribution in [0.15, 0.2) is 35.3 Å². The third-order valence-corrected chi connectivity index (χ3v) is 2.70. The maximum Gasteiger partial charge on any atom is 0.330 e. The number of benzene rings is 1. The van der Waals surface area contributed by atoms with E-state index in [0.29, 0.717) is 11.3 Å². The predicted octanol–water partition coefficient (Wildman–Crippen LogP) is 0.837. The Bertz CT molecular complexity index is 687. The van der Waals surface area contributed by atoms with Gasteiger partial charge in [0, 0.05) is 17.5 Å². The Hall–Kier alpha value is -2.74. The lowest BCUT2D eigenvalue weighted by Crippen LogP contribution is -2.23. The molecule has 2 rings (SSSR count). The molecule has 1 amide bonds. The molecule has 0 atom stereocenters. The van der Waals surface area contributed by atoms with Gasteiger partial charge in [0.2, 0.25) is 0 Å². The van der Waals surface area contributed by atoms with E-state index in [1.54, 1.807) is 30.5 Å². The van der Waals surface area contributed by atoms with Crippen molar-refractivity contribution < 1.29 is 4.79 Å². The van der Waals surface area contributed by atoms with E-state index in [2.05, 4.69) is 16.2 Å². The molecule has 0 saturated heterocycles. The fraction of sp³-hybridized carbons (Fsp3) is 0.143. The zero-order valence-electron chi connectivity index (χ0n) is 10.4. The maximum atomic E-state index is 11.7. The van der Waals surface area contributed by atoms with Crippen molar-refractivity contribution in [1.82, 2.24) is 14.9 Å². The fourth-order valence-electron chi connectivity index (χ4n) is 1.77. The van der Waals surface area contributed by atoms with Gasteiger partial charge in [0.05, 0.1) is 12.2 Å². The number of carbonyl (C=O) groups is 1. The van der Waals surface area contributed by atoms with Gasteiger partial charge in [0.1, 0.15) is 0 Å². The smallest absolute Gasteiger partial charge is 0.330 e. The highest BCUT2D eigenvalue weighted by Gasteiger charge is 2.07. The van der Waals surface area contributed by atoms with Gasteiger partial charge in [-0.1, -0.05) is 5.92 Å². The van der Waals surface area contributed by atoms with Gasteiger partial charge in [-0.15, -0.1) is 6.42 Å². The lowest BCUT2D eigenvalue weighted by atomic mass is 10.2. The highest BCUT2D eigenvalue weighted by molar-refractivity contribution is 5.94. The second-order valence-electron chi connectivity index (χ2n) is 4.00. The number of nitrogens with zero attached hydrogens (tertiary/aromatic N) is 1. The number of nitrogens with one attached hydrogen (secondary N) is 2. The number of rotatable bonds is 3. The monoisotopic (exact) mass is 255 g/mol. The molecule has 0 fully saturated rings. The Kier molecular flexibility index (Phi) is 3.53. The molecule has 1 aromatic heterocycles. The zero-order valence-corrected chi connectivity index (χ0v) is 10.4. The first-order valence-electron chi connectivity index (χ1n) is 5.72. The number of aromatic nitrogens is 2. The molecule has 96 valence electrons. The summed E-state index contributed by atoms with van der Waals surface area (Å²) >= 11 is 0. The normalized spacial score (nSPS) is 9.89. The minimum absolute atomic E-state index is 0.191. The largest absolute Gasteiger partial charge is 0.341 e. The van der Waals surface area contributed by atoms with E-state index in [9.17, 15) is 9.59 Å². The van der Waals surface area contributed by atoms with Gasteiger partial charge in [-0.3, -0.25) is 9.36 Å². The molecule has 0 radical (unpaired) electrons. The Labute approximate surface area is 110 Å². The summed E-state index contributed by atoms with van der Waals surface area (Å²) in [4.78, 5) is 25.9. The van der Waals surface area contributed by atoms with E-state index in [-0.39, 0.29) is 18.1 Å². The lowest BCUT2D eigenvalue weighted by Gasteiger charge is -2.06. The van der Waals surface area contributed by atoms with Crippen LogP contribution in [-0.2, 0) is 0 Å². The number of hydrogen-bond donors (Lipinski definition) is 2. The van der Waals surface area contributed by atoms with Crippen LogP contribution < -0.4 is 11.0 Å². The minimum Gasteiger partial charge on any atom is -0.341 e. The molecule has 2 aromatic rings. The molecule has 1 heterocycles. The molecular formula is C14H13N3O2. The number of aromatic amines is 1. The molecule has 0 aliphatic carbocycles. The van der Waals surface area contributed by atoms with Crippen molar-refractivity contribution in [3.63, 3.8) is 0 Å². The number of carbonyl (C=O) groups excluding carboxylic acids is 1. The van der Waals surface area contributed by atoms with Crippen molar-refractivity contribution in [3.05, 3.63) is 52.2 Å². The number of imidazole rings is 1. The van der Waals surface area contributed by atoms with Gasteiger partial charge in [0.25, 0.3) is 5.91 Å². The summed E-state index contributed by atoms with van der Waals surface area (Å²) in [6.45, 7) is 2.02. The third kappa shape index (κ3) is 2.58. The lowest BCUT2D eigenvalue weighted by molar-refractivity contribution is 0.0958. The summed E-state index contributed by atoms with van der Waals surface area (Å²) in [5.41, 5.74) is 1.80. The van der Waals surface area contributed by atoms with Crippen LogP contribution in [0.3, 0.4) is 0 Å². The van der Waals surface area contributed by atoms with E-state index in [1.807, 2.05) is 6.92 Å². The highest BCUT2D eigenvalue weighted by atomic mass is 16.2. The van der Waals surface area contributed by atoms with Gasteiger partial charge in [0.15, 0.2) is 0 Å². The number of H-pyrrole nitrogens is 1. The number of aryl methyl sites for hydroxylation is 1. The van der Waals surface area contributed by atoms with E-state index in [4.69, 9.17) is 6.42 Å². The average molecular weight is 255 g/mol. The SMILES string of the molecule is C#CCNC(=O)c1ccc(-n2c(C)c[nH]c2=O)cc1. The molecule has 19 heavy (non-hydrogen) atoms. The Morgan fingerprint density at radius 3 is 2.63 bits per heavy atom. The Morgan fingerprint density at radius 1 is 1.42 bits per heavy atom. The zero-order chi connectivity index (χ0) is 13.8. The molecule has 0 saturated carbocycles. The van der Waals surface area contributed by atoms with Crippen LogP contribution in [0.25, 0.3) is 5.69 Å². The van der Waals surface area contributed by atoms with Crippen molar-refractivity contribution >= 4 is 5.91 Å². The van der Waals surface area contributed by atoms with Crippen molar-refractivity contribution in [2.24, 2.45) is 0 Å². The van der Waals surface area contributed by atoms with Gasteiger partial charge in [-0.25, -0.2) is 4.79 Å². The summed E-state index contributed by atoms with van der Waals surface area (Å²) in [5.74, 6) is 2.10. The molecular weight excluding hydrogens is 242 g/mol. The third-order valence-electron chi connectivity index (χ3n) is 2.70. The van der Waals surface area contributed by atoms with Crippen molar-refractivity contribution in [3.8, 4) is 18.0 Å². The van der Waals surface area contributed by atoms with Gasteiger partial charge in [-0.05, 0) is 31.2 Å². The molecule has 0 spiro atoms. The Morgan fingerprint density at radius 2 is 2.11 bits per heavy atom. The van der Waals surface area contributed by atoms with Gasteiger partial charge >= 0.3 is 5.69 Å². The molecule has 0 bridgehead atoms. The van der Waals surface area contributed by atoms with E-state index in [1.165, 1.54) is 4.57 Å². The molecule has 0 unspecified atom stereocenters. The van der Waals surface area contributed by atoms with Crippen molar-refractivity contribution in [2.75, 3.05) is 6.54 Å². The van der Waals surface area contributed by atoms with Crippen LogP contribution in [-0.4, -0.2) is 22.0 Å². The second kappa shape index (κ2) is 5.27. The van der Waals surface area contributed by atoms with Crippen molar-refractivity contribution in [1.29, 1.82) is 0 Å². The van der Waals surface area contributed by atoms with Gasteiger partial charge in [-0.2, -0.15) is 0 Å². The van der Waals surface area contributed by atoms with Crippen molar-refractivity contribution in [2.45, 2.75) is 6.92 Å². The van der Waals surface area contributed by atoms with E-state index >= 15 is 0 Å². The van der Waals surface area contributed by atoms with E-state index in [0.717, 1.165) is 5.69 Å². The molecule has 5 heteroatoms. The second-order valence-corrected chi connectivity index (χ2v) is 4.00. The Balaban J connectivity index is 2.27.